The predicted octanol–water partition coefficient (Wildman–Crippen LogP) is -2.37. The van der Waals surface area contributed by atoms with Gasteiger partial charge in [-0.25, -0.2) is 0 Å². The van der Waals surface area contributed by atoms with Crippen LogP contribution in [0.5, 0.6) is 0 Å². The standard InChI is InChI=1S/Al.Cu.Mn.H3Si.3H/h;;;1H3;;;. The van der Waals surface area contributed by atoms with Gasteiger partial charge in [-0.2, -0.15) is 0 Å². The molecule has 0 aromatic carbocycles. The monoisotopic (exact) mass is 179 g/mol. The first kappa shape index (κ1) is 17.1. The molecule has 4 heavy (non-hydrogen) atoms. The second-order valence-electron chi connectivity index (χ2n) is 0. The van der Waals surface area contributed by atoms with Crippen LogP contribution in [0.25, 0.3) is 0 Å². The predicted molar refractivity (Wildman–Crippen MR) is 19.9 cm³/mol. The molecule has 0 nitrogen and oxygen atoms in total. The Hall–Kier alpha value is 1.79. The van der Waals surface area contributed by atoms with Gasteiger partial charge in [-0.1, -0.05) is 0 Å². The first-order valence-electron chi connectivity index (χ1n) is 0.378. The second kappa shape index (κ2) is 21.5. The van der Waals surface area contributed by atoms with Gasteiger partial charge < -0.3 is 0 Å². The Morgan fingerprint density at radius 1 is 1.25 bits per heavy atom. The summed E-state index contributed by atoms with van der Waals surface area (Å²) >= 11 is 3.08. The average Bonchev–Trinajstić information content (AvgIpc) is 1.00. The normalized spacial score (nSPS) is 2.25. The fourth-order valence-electron chi connectivity index (χ4n) is 0. The van der Waals surface area contributed by atoms with E-state index < -0.39 is 0 Å². The maximum absolute atomic E-state index is 3.08. The molecule has 0 spiro atoms. The fraction of sp³-hybridized carbons (Fsp3) is 0. The second-order valence-corrected chi connectivity index (χ2v) is 0. The third-order valence-electron chi connectivity index (χ3n) is 0. The van der Waals surface area contributed by atoms with Crippen LogP contribution in [0.4, 0.5) is 0 Å². The Labute approximate surface area is 58.4 Å². The van der Waals surface area contributed by atoms with E-state index >= 15 is 0 Å². The van der Waals surface area contributed by atoms with Crippen LogP contribution < -0.4 is 0 Å². The van der Waals surface area contributed by atoms with Crippen LogP contribution >= 0.6 is 0 Å². The summed E-state index contributed by atoms with van der Waals surface area (Å²) in [6, 6.07) is 0. The Morgan fingerprint density at radius 2 is 1.25 bits per heavy atom. The first-order valence-corrected chi connectivity index (χ1v) is 4.68. The molecule has 31 valence electrons. The molecule has 0 aliphatic heterocycles. The van der Waals surface area contributed by atoms with Gasteiger partial charge in [0.05, 0.1) is 0 Å². The van der Waals surface area contributed by atoms with Crippen LogP contribution in [0.2, 0.25) is 0 Å². The van der Waals surface area contributed by atoms with E-state index in [-0.39, 0.29) is 34.4 Å². The van der Waals surface area contributed by atoms with Gasteiger partial charge in [0.15, 0.2) is 17.4 Å². The van der Waals surface area contributed by atoms with Crippen LogP contribution in [0.3, 0.4) is 0 Å². The molecule has 0 amide bonds. The molecule has 0 atom stereocenters. The molecule has 0 heterocycles. The van der Waals surface area contributed by atoms with E-state index in [9.17, 15) is 0 Å². The summed E-state index contributed by atoms with van der Waals surface area (Å²) < 4.78 is 0. The minimum absolute atomic E-state index is 0. The van der Waals surface area contributed by atoms with Gasteiger partial charge in [-0.05, 0) is 0 Å². The van der Waals surface area contributed by atoms with E-state index in [2.05, 4.69) is 15.4 Å². The van der Waals surface area contributed by atoms with Gasteiger partial charge >= 0.3 is 24.2 Å². The van der Waals surface area contributed by atoms with Crippen molar-refractivity contribution >= 4 is 26.2 Å². The van der Waals surface area contributed by atoms with Crippen LogP contribution in [-0.4, -0.2) is 26.2 Å². The van der Waals surface area contributed by atoms with Crippen molar-refractivity contribution in [3.63, 3.8) is 0 Å². The maximum atomic E-state index is 3.08. The van der Waals surface area contributed by atoms with Gasteiger partial charge in [0.1, 0.15) is 0 Å². The summed E-state index contributed by atoms with van der Waals surface area (Å²) in [5.41, 5.74) is 0. The molecule has 4 heteroatoms. The van der Waals surface area contributed by atoms with Gasteiger partial charge in [0.2, 0.25) is 0 Å². The molecule has 0 saturated heterocycles. The Morgan fingerprint density at radius 3 is 1.25 bits per heavy atom. The fourth-order valence-corrected chi connectivity index (χ4v) is 0. The van der Waals surface area contributed by atoms with E-state index in [1.807, 2.05) is 0 Å². The molecule has 1 radical (unpaired) electrons. The molecule has 0 fully saturated rings. The van der Waals surface area contributed by atoms with Crippen molar-refractivity contribution in [3.05, 3.63) is 0 Å². The van der Waals surface area contributed by atoms with Crippen molar-refractivity contribution in [2.45, 2.75) is 0 Å². The van der Waals surface area contributed by atoms with Crippen molar-refractivity contribution < 1.29 is 32.4 Å². The zero-order valence-corrected chi connectivity index (χ0v) is 5.80. The number of hydrogen-bond donors (Lipinski definition) is 0. The first-order chi connectivity index (χ1) is 1.00. The third-order valence-corrected chi connectivity index (χ3v) is 0. The van der Waals surface area contributed by atoms with Crippen LogP contribution in [0.1, 0.15) is 0 Å². The summed E-state index contributed by atoms with van der Waals surface area (Å²) in [5, 5.41) is 0. The van der Waals surface area contributed by atoms with Crippen molar-refractivity contribution in [3.8, 4) is 0 Å². The molecule has 0 bridgehead atoms. The number of hydrogen-bond acceptors (Lipinski definition) is 0. The summed E-state index contributed by atoms with van der Waals surface area (Å²) in [4.78, 5) is 0. The minimum atomic E-state index is 0. The number of rotatable bonds is 0. The van der Waals surface area contributed by atoms with E-state index in [1.54, 1.807) is 0 Å². The molecule has 0 aromatic rings. The van der Waals surface area contributed by atoms with Crippen molar-refractivity contribution in [1.82, 2.24) is 0 Å². The van der Waals surface area contributed by atoms with Crippen LogP contribution in [0, 0.1) is 0 Å². The van der Waals surface area contributed by atoms with Gasteiger partial charge in [0.25, 0.3) is 0 Å². The van der Waals surface area contributed by atoms with E-state index in [4.69, 9.17) is 0 Å². The van der Waals surface area contributed by atoms with Gasteiger partial charge in [0, 0.05) is 17.1 Å². The zero-order valence-electron chi connectivity index (χ0n) is 1.68. The topological polar surface area (TPSA) is 0 Å². The molecule has 0 saturated carbocycles. The summed E-state index contributed by atoms with van der Waals surface area (Å²) in [5.74, 6) is 0. The summed E-state index contributed by atoms with van der Waals surface area (Å²) in [7, 11) is 1.12. The Bertz CT molecular complexity index is 8.00. The molecule has 0 rings (SSSR count). The molecular weight excluding hydrogens is 174 g/mol. The molecule has 0 aromatic heterocycles. The average molecular weight is 180 g/mol. The van der Waals surface area contributed by atoms with E-state index in [0.29, 0.717) is 0 Å². The van der Waals surface area contributed by atoms with Crippen molar-refractivity contribution in [2.24, 2.45) is 0 Å². The van der Waals surface area contributed by atoms with Gasteiger partial charge in [-0.15, -0.1) is 0 Å². The van der Waals surface area contributed by atoms with Crippen LogP contribution in [0.15, 0.2) is 0 Å². The molecule has 0 unspecified atom stereocenters. The molecule has 0 aliphatic carbocycles. The zero-order chi connectivity index (χ0) is 2.00. The van der Waals surface area contributed by atoms with Crippen LogP contribution in [-0.2, 0) is 32.4 Å². The quantitative estimate of drug-likeness (QED) is 0.365. The SMILES string of the molecule is [AlH3].[Cu].[SiH3][Mn]. The van der Waals surface area contributed by atoms with Crippen molar-refractivity contribution in [1.29, 1.82) is 0 Å². The summed E-state index contributed by atoms with van der Waals surface area (Å²) in [6.45, 7) is 0. The summed E-state index contributed by atoms with van der Waals surface area (Å²) in [6.07, 6.45) is 0. The van der Waals surface area contributed by atoms with Gasteiger partial charge in [-0.3, -0.25) is 0 Å². The molecule has 0 aliphatic rings. The molecule has 0 N–H and O–H groups in total. The Balaban J connectivity index is -0.00000000500. The van der Waals surface area contributed by atoms with E-state index in [1.165, 1.54) is 0 Å². The third kappa shape index (κ3) is 9.21. The Kier molecular flexibility index (Phi) is 91.7. The molecular formula is H6AlCuMnSi. The van der Waals surface area contributed by atoms with E-state index in [0.717, 1.165) is 8.85 Å². The van der Waals surface area contributed by atoms with Crippen molar-refractivity contribution in [2.75, 3.05) is 0 Å².